The van der Waals surface area contributed by atoms with E-state index in [0.29, 0.717) is 18.8 Å². The Hall–Kier alpha value is 0.588. The molecule has 0 bridgehead atoms. The van der Waals surface area contributed by atoms with Crippen LogP contribution in [0.1, 0.15) is 57.8 Å². The third kappa shape index (κ3) is 29.2. The first-order valence-corrected chi connectivity index (χ1v) is 34.1. The molecule has 3 N–H and O–H groups in total. The predicted molar refractivity (Wildman–Crippen MR) is 220 cm³/mol. The molecule has 0 aromatic heterocycles. The van der Waals surface area contributed by atoms with E-state index in [1.165, 1.54) is 81.5 Å². The number of epoxide rings is 1. The van der Waals surface area contributed by atoms with Crippen molar-refractivity contribution in [2.45, 2.75) is 178 Å². The van der Waals surface area contributed by atoms with Crippen molar-refractivity contribution in [3.63, 3.8) is 0 Å². The van der Waals surface area contributed by atoms with E-state index in [-0.39, 0.29) is 6.10 Å². The van der Waals surface area contributed by atoms with Gasteiger partial charge in [0, 0.05) is 58.8 Å². The van der Waals surface area contributed by atoms with Crippen LogP contribution in [0, 0.1) is 0 Å². The molecule has 3 rings (SSSR count). The van der Waals surface area contributed by atoms with Gasteiger partial charge in [-0.05, 0) is 70.9 Å². The van der Waals surface area contributed by atoms with Gasteiger partial charge in [-0.3, -0.25) is 4.90 Å². The lowest BCUT2D eigenvalue weighted by molar-refractivity contribution is 0.0283. The maximum atomic E-state index is 10.0. The van der Waals surface area contributed by atoms with E-state index in [9.17, 15) is 5.11 Å². The van der Waals surface area contributed by atoms with Crippen molar-refractivity contribution in [1.29, 1.82) is 0 Å². The lowest BCUT2D eigenvalue weighted by Gasteiger charge is -2.26. The van der Waals surface area contributed by atoms with Crippen molar-refractivity contribution < 1.29 is 24.1 Å². The van der Waals surface area contributed by atoms with Crippen molar-refractivity contribution in [3.8, 4) is 0 Å². The summed E-state index contributed by atoms with van der Waals surface area (Å²) in [5, 5.41) is 10.0. The van der Waals surface area contributed by atoms with Crippen LogP contribution in [0.2, 0.25) is 102 Å². The molecule has 3 fully saturated rings. The SMILES string of the molecule is C[Si](C)(C)CC[Si](C)(C)CCCOCC(O)CCCC1CCCO1.C[Si](C)(C)CC[Si](C)(C)CCCOCC1CO1.NCN1CCCC1. The van der Waals surface area contributed by atoms with E-state index in [2.05, 4.69) is 70.4 Å². The van der Waals surface area contributed by atoms with Gasteiger partial charge in [-0.15, -0.1) is 0 Å². The Morgan fingerprint density at radius 2 is 1.25 bits per heavy atom. The van der Waals surface area contributed by atoms with E-state index in [4.69, 9.17) is 24.7 Å². The minimum Gasteiger partial charge on any atom is -0.391 e. The van der Waals surface area contributed by atoms with Gasteiger partial charge in [0.1, 0.15) is 6.10 Å². The van der Waals surface area contributed by atoms with Crippen molar-refractivity contribution >= 4 is 32.3 Å². The molecule has 3 aliphatic heterocycles. The molecular weight excluding hydrogens is 665 g/mol. The largest absolute Gasteiger partial charge is 0.391 e. The molecule has 3 heterocycles. The molecule has 0 aliphatic carbocycles. The minimum absolute atomic E-state index is 0.302. The minimum atomic E-state index is -1.05. The van der Waals surface area contributed by atoms with Gasteiger partial charge in [0.05, 0.1) is 32.0 Å². The molecule has 0 aromatic rings. The van der Waals surface area contributed by atoms with Crippen molar-refractivity contribution in [1.82, 2.24) is 4.90 Å². The summed E-state index contributed by atoms with van der Waals surface area (Å²) in [4.78, 5) is 2.26. The molecule has 7 nitrogen and oxygen atoms in total. The molecule has 3 atom stereocenters. The summed E-state index contributed by atoms with van der Waals surface area (Å²) >= 11 is 0. The molecule has 48 heavy (non-hydrogen) atoms. The molecule has 3 aliphatic rings. The number of nitrogens with zero attached hydrogens (tertiary/aromatic N) is 1. The van der Waals surface area contributed by atoms with Gasteiger partial charge in [0.2, 0.25) is 0 Å². The lowest BCUT2D eigenvalue weighted by Crippen LogP contribution is -2.30. The number of hydrogen-bond donors (Lipinski definition) is 2. The fraction of sp³-hybridized carbons (Fsp3) is 1.00. The summed E-state index contributed by atoms with van der Waals surface area (Å²) in [7, 11) is -3.74. The van der Waals surface area contributed by atoms with Gasteiger partial charge >= 0.3 is 0 Å². The zero-order chi connectivity index (χ0) is 36.1. The van der Waals surface area contributed by atoms with Crippen LogP contribution in [0.15, 0.2) is 0 Å². The summed E-state index contributed by atoms with van der Waals surface area (Å²) in [5.41, 5.74) is 5.36. The maximum Gasteiger partial charge on any atom is 0.104 e. The Morgan fingerprint density at radius 1 is 0.708 bits per heavy atom. The summed E-state index contributed by atoms with van der Waals surface area (Å²) < 4.78 is 22.0. The quantitative estimate of drug-likeness (QED) is 0.0613. The van der Waals surface area contributed by atoms with Gasteiger partial charge in [-0.25, -0.2) is 0 Å². The van der Waals surface area contributed by atoms with Crippen LogP contribution in [0.4, 0.5) is 0 Å². The number of aliphatic hydroxyl groups excluding tert-OH is 1. The van der Waals surface area contributed by atoms with Crippen LogP contribution in [-0.2, 0) is 18.9 Å². The van der Waals surface area contributed by atoms with Crippen LogP contribution in [-0.4, -0.2) is 120 Å². The molecule has 288 valence electrons. The molecule has 11 heteroatoms. The van der Waals surface area contributed by atoms with Crippen molar-refractivity contribution in [2.75, 3.05) is 59.4 Å². The van der Waals surface area contributed by atoms with Gasteiger partial charge in [0.15, 0.2) is 0 Å². The van der Waals surface area contributed by atoms with Crippen molar-refractivity contribution in [3.05, 3.63) is 0 Å². The first-order chi connectivity index (χ1) is 22.4. The highest BCUT2D eigenvalue weighted by atomic mass is 28.3. The fourth-order valence-corrected chi connectivity index (χ4v) is 20.2. The Morgan fingerprint density at radius 3 is 1.69 bits per heavy atom. The third-order valence-corrected chi connectivity index (χ3v) is 21.1. The van der Waals surface area contributed by atoms with E-state index >= 15 is 0 Å². The monoisotopic (exact) mass is 749 g/mol. The van der Waals surface area contributed by atoms with Crippen LogP contribution < -0.4 is 5.73 Å². The van der Waals surface area contributed by atoms with Crippen molar-refractivity contribution in [2.24, 2.45) is 5.73 Å². The van der Waals surface area contributed by atoms with Crippen LogP contribution >= 0.6 is 0 Å². The van der Waals surface area contributed by atoms with E-state index in [1.54, 1.807) is 0 Å². The number of likely N-dealkylation sites (tertiary alicyclic amines) is 1. The van der Waals surface area contributed by atoms with Crippen LogP contribution in [0.5, 0.6) is 0 Å². The zero-order valence-electron chi connectivity index (χ0n) is 33.8. The summed E-state index contributed by atoms with van der Waals surface area (Å²) in [5.74, 6) is 0. The molecule has 0 saturated carbocycles. The van der Waals surface area contributed by atoms with Crippen LogP contribution in [0.3, 0.4) is 0 Å². The van der Waals surface area contributed by atoms with Gasteiger partial charge in [-0.2, -0.15) is 0 Å². The fourth-order valence-electron chi connectivity index (χ4n) is 6.08. The van der Waals surface area contributed by atoms with E-state index < -0.39 is 32.3 Å². The standard InChI is InChI=1S/C19H42O3Si2.C13H30O2Si2.C5H12N2/c1-23(2,3)15-16-24(4,5)14-8-12-21-17-18(20)9-6-10-19-11-7-13-22-19;1-16(2,3)9-10-17(4,5)8-6-7-14-11-13-12-15-13;6-5-7-3-1-2-4-7/h18-20H,6-17H2,1-5H3;13H,6-12H2,1-5H3;1-6H2. The third-order valence-electron chi connectivity index (χ3n) is 9.95. The molecule has 0 spiro atoms. The number of nitrogens with two attached hydrogens (primary N) is 1. The average Bonchev–Trinajstić information content (AvgIpc) is 3.40. The average molecular weight is 749 g/mol. The Kier molecular flexibility index (Phi) is 24.0. The summed E-state index contributed by atoms with van der Waals surface area (Å²) in [6.07, 6.45) is 11.0. The predicted octanol–water partition coefficient (Wildman–Crippen LogP) is 8.99. The van der Waals surface area contributed by atoms with E-state index in [1.807, 2.05) is 0 Å². The Balaban J connectivity index is 0.000000413. The highest BCUT2D eigenvalue weighted by Gasteiger charge is 2.26. The molecule has 3 unspecified atom stereocenters. The molecule has 0 aromatic carbocycles. The van der Waals surface area contributed by atoms with Gasteiger partial charge in [-0.1, -0.05) is 102 Å². The Labute approximate surface area is 303 Å². The number of ether oxygens (including phenoxy) is 4. The second kappa shape index (κ2) is 24.8. The normalized spacial score (nSPS) is 21.0. The molecule has 3 saturated heterocycles. The van der Waals surface area contributed by atoms with Gasteiger partial charge < -0.3 is 29.8 Å². The Bertz CT molecular complexity index is 779. The highest BCUT2D eigenvalue weighted by molar-refractivity contribution is 6.82. The first kappa shape index (κ1) is 46.6. The summed E-state index contributed by atoms with van der Waals surface area (Å²) in [6.45, 7) is 33.1. The molecule has 0 radical (unpaired) electrons. The number of aliphatic hydroxyl groups is 1. The highest BCUT2D eigenvalue weighted by Crippen LogP contribution is 2.26. The zero-order valence-corrected chi connectivity index (χ0v) is 37.8. The second-order valence-electron chi connectivity index (χ2n) is 19.0. The molecular formula is C37H84N2O5Si4. The van der Waals surface area contributed by atoms with Gasteiger partial charge in [0.25, 0.3) is 0 Å². The topological polar surface area (TPSA) is 89.7 Å². The second-order valence-corrected chi connectivity index (χ2v) is 40.9. The lowest BCUT2D eigenvalue weighted by atomic mass is 10.1. The number of hydrogen-bond acceptors (Lipinski definition) is 7. The van der Waals surface area contributed by atoms with Crippen LogP contribution in [0.25, 0.3) is 0 Å². The smallest absolute Gasteiger partial charge is 0.104 e. The molecule has 0 amide bonds. The maximum absolute atomic E-state index is 10.0. The first-order valence-electron chi connectivity index (χ1n) is 19.9. The summed E-state index contributed by atoms with van der Waals surface area (Å²) in [6, 6.07) is 8.72. The number of rotatable bonds is 23. The van der Waals surface area contributed by atoms with E-state index in [0.717, 1.165) is 65.4 Å².